The number of aliphatic hydroxyl groups excluding tert-OH is 1. The number of nitrogens with zero attached hydrogens (tertiary/aromatic N) is 3. The molecule has 1 saturated carbocycles. The van der Waals surface area contributed by atoms with E-state index in [2.05, 4.69) is 16.0 Å². The minimum absolute atomic E-state index is 0.0154. The maximum absolute atomic E-state index is 12.8. The number of carbonyl (C=O) groups excluding carboxylic acids is 1. The molecule has 0 unspecified atom stereocenters. The maximum Gasteiger partial charge on any atom is 0.326 e. The van der Waals surface area contributed by atoms with Gasteiger partial charge in [-0.2, -0.15) is 0 Å². The van der Waals surface area contributed by atoms with Crippen LogP contribution in [0.25, 0.3) is 22.4 Å². The number of benzene rings is 1. The van der Waals surface area contributed by atoms with Gasteiger partial charge in [0.05, 0.1) is 17.1 Å². The summed E-state index contributed by atoms with van der Waals surface area (Å²) < 4.78 is 15.1. The number of aromatic nitrogens is 3. The molecule has 2 fully saturated rings. The van der Waals surface area contributed by atoms with E-state index in [1.165, 1.54) is 0 Å². The molecule has 0 spiro atoms. The molecule has 1 saturated heterocycles. The number of rotatable bonds is 9. The predicted octanol–water partition coefficient (Wildman–Crippen LogP) is 3.46. The molecule has 210 valence electrons. The van der Waals surface area contributed by atoms with Crippen molar-refractivity contribution in [2.45, 2.75) is 83.7 Å². The first-order valence-electron chi connectivity index (χ1n) is 14.2. The molecule has 0 radical (unpaired) electrons. The number of carbonyl (C=O) groups is 1. The predicted molar refractivity (Wildman–Crippen MR) is 149 cm³/mol. The molecular weight excluding hydrogens is 496 g/mol. The second kappa shape index (κ2) is 12.0. The highest BCUT2D eigenvalue weighted by Crippen LogP contribution is 2.29. The lowest BCUT2D eigenvalue weighted by Crippen LogP contribution is -2.46. The molecule has 1 aliphatic heterocycles. The van der Waals surface area contributed by atoms with Crippen LogP contribution in [0.1, 0.15) is 56.6 Å². The number of esters is 1. The smallest absolute Gasteiger partial charge is 0.326 e. The van der Waals surface area contributed by atoms with Crippen LogP contribution in [0.15, 0.2) is 35.3 Å². The van der Waals surface area contributed by atoms with E-state index in [-0.39, 0.29) is 11.7 Å². The standard InChI is InChI=1S/C30H40N4O5/c1-19-14-23(18-33(3)29(19)36)28-32-25-15-22(8-9-26(25)34(28)17-21-10-12-38-13-11-21)16-31-27(20(2)35)30(37)39-24-6-4-5-7-24/h8-9,14-15,18,20-21,24,27,31,35H,4-7,10-13,16-17H2,1-3H3/t20-,27+/m1/s1. The Hall–Kier alpha value is -3.01. The summed E-state index contributed by atoms with van der Waals surface area (Å²) in [5.41, 5.74) is 4.41. The second-order valence-corrected chi connectivity index (χ2v) is 11.2. The molecule has 2 aromatic heterocycles. The van der Waals surface area contributed by atoms with Crippen LogP contribution in [0.2, 0.25) is 0 Å². The molecule has 1 aliphatic carbocycles. The maximum atomic E-state index is 12.8. The minimum Gasteiger partial charge on any atom is -0.461 e. The number of hydrogen-bond acceptors (Lipinski definition) is 7. The summed E-state index contributed by atoms with van der Waals surface area (Å²) in [5.74, 6) is 0.927. The van der Waals surface area contributed by atoms with Gasteiger partial charge in [0, 0.05) is 50.7 Å². The lowest BCUT2D eigenvalue weighted by atomic mass is 10.00. The molecule has 9 heteroatoms. The van der Waals surface area contributed by atoms with Crippen molar-refractivity contribution in [3.05, 3.63) is 51.9 Å². The number of aliphatic hydroxyl groups is 1. The summed E-state index contributed by atoms with van der Waals surface area (Å²) in [6.45, 7) is 6.20. The molecule has 1 aromatic carbocycles. The Balaban J connectivity index is 1.41. The van der Waals surface area contributed by atoms with E-state index in [9.17, 15) is 14.7 Å². The van der Waals surface area contributed by atoms with Gasteiger partial charge >= 0.3 is 5.97 Å². The van der Waals surface area contributed by atoms with Crippen molar-refractivity contribution in [1.29, 1.82) is 0 Å². The van der Waals surface area contributed by atoms with Crippen LogP contribution in [0.4, 0.5) is 0 Å². The lowest BCUT2D eigenvalue weighted by Gasteiger charge is -2.24. The summed E-state index contributed by atoms with van der Waals surface area (Å²) in [6, 6.07) is 7.26. The minimum atomic E-state index is -0.874. The van der Waals surface area contributed by atoms with Gasteiger partial charge in [-0.05, 0) is 82.1 Å². The Bertz CT molecular complexity index is 1340. The number of nitrogens with one attached hydrogen (secondary N) is 1. The van der Waals surface area contributed by atoms with Crippen molar-refractivity contribution < 1.29 is 19.4 Å². The van der Waals surface area contributed by atoms with Gasteiger partial charge in [-0.1, -0.05) is 6.07 Å². The third-order valence-electron chi connectivity index (χ3n) is 8.06. The van der Waals surface area contributed by atoms with Crippen molar-refractivity contribution >= 4 is 17.0 Å². The first-order valence-corrected chi connectivity index (χ1v) is 14.2. The van der Waals surface area contributed by atoms with Crippen molar-refractivity contribution in [2.24, 2.45) is 13.0 Å². The van der Waals surface area contributed by atoms with E-state index in [0.717, 1.165) is 86.3 Å². The highest BCUT2D eigenvalue weighted by atomic mass is 16.5. The van der Waals surface area contributed by atoms with Crippen molar-refractivity contribution in [3.63, 3.8) is 0 Å². The molecule has 5 rings (SSSR count). The third kappa shape index (κ3) is 6.26. The van der Waals surface area contributed by atoms with E-state index in [4.69, 9.17) is 14.5 Å². The Kier molecular flexibility index (Phi) is 8.49. The highest BCUT2D eigenvalue weighted by Gasteiger charge is 2.29. The highest BCUT2D eigenvalue weighted by molar-refractivity contribution is 5.81. The number of imidazole rings is 1. The van der Waals surface area contributed by atoms with E-state index < -0.39 is 18.1 Å². The molecule has 2 aliphatic rings. The molecule has 2 atom stereocenters. The zero-order chi connectivity index (χ0) is 27.5. The van der Waals surface area contributed by atoms with Gasteiger partial charge in [0.25, 0.3) is 5.56 Å². The second-order valence-electron chi connectivity index (χ2n) is 11.2. The number of ether oxygens (including phenoxy) is 2. The van der Waals surface area contributed by atoms with Gasteiger partial charge in [-0.25, -0.2) is 4.98 Å². The summed E-state index contributed by atoms with van der Waals surface area (Å²) in [6.07, 6.45) is 6.88. The van der Waals surface area contributed by atoms with Crippen LogP contribution in [0.5, 0.6) is 0 Å². The van der Waals surface area contributed by atoms with Gasteiger partial charge in [0.15, 0.2) is 0 Å². The van der Waals surface area contributed by atoms with Crippen molar-refractivity contribution in [2.75, 3.05) is 13.2 Å². The average molecular weight is 537 g/mol. The number of hydrogen-bond donors (Lipinski definition) is 2. The summed E-state index contributed by atoms with van der Waals surface area (Å²) in [5, 5.41) is 13.5. The summed E-state index contributed by atoms with van der Waals surface area (Å²) in [7, 11) is 1.77. The molecule has 0 bridgehead atoms. The van der Waals surface area contributed by atoms with Crippen LogP contribution in [0, 0.1) is 12.8 Å². The fourth-order valence-corrected chi connectivity index (χ4v) is 5.80. The summed E-state index contributed by atoms with van der Waals surface area (Å²) in [4.78, 5) is 30.1. The Labute approximate surface area is 229 Å². The zero-order valence-electron chi connectivity index (χ0n) is 23.2. The molecule has 39 heavy (non-hydrogen) atoms. The monoisotopic (exact) mass is 536 g/mol. The first-order chi connectivity index (χ1) is 18.8. The van der Waals surface area contributed by atoms with Gasteiger partial charge in [-0.3, -0.25) is 14.9 Å². The Morgan fingerprint density at radius 1 is 1.21 bits per heavy atom. The van der Waals surface area contributed by atoms with Gasteiger partial charge in [-0.15, -0.1) is 0 Å². The number of pyridine rings is 1. The lowest BCUT2D eigenvalue weighted by molar-refractivity contribution is -0.154. The van der Waals surface area contributed by atoms with E-state index >= 15 is 0 Å². The normalized spacial score (nSPS) is 18.5. The molecular formula is C30H40N4O5. The van der Waals surface area contributed by atoms with Crippen molar-refractivity contribution in [3.8, 4) is 11.4 Å². The van der Waals surface area contributed by atoms with Crippen LogP contribution in [-0.4, -0.2) is 56.7 Å². The number of aryl methyl sites for hydroxylation is 2. The zero-order valence-corrected chi connectivity index (χ0v) is 23.2. The van der Waals surface area contributed by atoms with Crippen LogP contribution >= 0.6 is 0 Å². The van der Waals surface area contributed by atoms with E-state index in [1.807, 2.05) is 31.3 Å². The topological polar surface area (TPSA) is 108 Å². The molecule has 3 aromatic rings. The van der Waals surface area contributed by atoms with Gasteiger partial charge < -0.3 is 23.7 Å². The van der Waals surface area contributed by atoms with E-state index in [1.54, 1.807) is 18.5 Å². The quantitative estimate of drug-likeness (QED) is 0.403. The van der Waals surface area contributed by atoms with Crippen LogP contribution in [0.3, 0.4) is 0 Å². The largest absolute Gasteiger partial charge is 0.461 e. The molecule has 3 heterocycles. The fraction of sp³-hybridized carbons (Fsp3) is 0.567. The Morgan fingerprint density at radius 2 is 1.95 bits per heavy atom. The fourth-order valence-electron chi connectivity index (χ4n) is 5.80. The first kappa shape index (κ1) is 27.6. The average Bonchev–Trinajstić information content (AvgIpc) is 3.55. The Morgan fingerprint density at radius 3 is 2.64 bits per heavy atom. The molecule has 2 N–H and O–H groups in total. The van der Waals surface area contributed by atoms with Gasteiger partial charge in [0.2, 0.25) is 0 Å². The summed E-state index contributed by atoms with van der Waals surface area (Å²) >= 11 is 0. The number of fused-ring (bicyclic) bond motifs is 1. The van der Waals surface area contributed by atoms with Crippen LogP contribution in [-0.2, 0) is 34.4 Å². The third-order valence-corrected chi connectivity index (χ3v) is 8.06. The van der Waals surface area contributed by atoms with Gasteiger partial charge in [0.1, 0.15) is 18.0 Å². The van der Waals surface area contributed by atoms with E-state index in [0.29, 0.717) is 18.0 Å². The molecule has 0 amide bonds. The van der Waals surface area contributed by atoms with Crippen LogP contribution < -0.4 is 10.9 Å². The molecule has 9 nitrogen and oxygen atoms in total. The SMILES string of the molecule is Cc1cc(-c2nc3cc(CN[C@H](C(=O)OC4CCCC4)[C@@H](C)O)ccc3n2CC2CCOCC2)cn(C)c1=O. The van der Waals surface area contributed by atoms with Crippen molar-refractivity contribution in [1.82, 2.24) is 19.4 Å².